The van der Waals surface area contributed by atoms with Crippen LogP contribution in [0.2, 0.25) is 0 Å². The van der Waals surface area contributed by atoms with E-state index in [1.807, 2.05) is 0 Å². The minimum atomic E-state index is -0.741. The molecule has 2 N–H and O–H groups in total. The maximum absolute atomic E-state index is 12.0. The van der Waals surface area contributed by atoms with E-state index < -0.39 is 16.7 Å². The number of furan rings is 1. The Morgan fingerprint density at radius 3 is 2.48 bits per heavy atom. The number of benzene rings is 1. The van der Waals surface area contributed by atoms with Gasteiger partial charge in [0.2, 0.25) is 0 Å². The first kappa shape index (κ1) is 14.3. The molecule has 0 radical (unpaired) electrons. The minimum Gasteiger partial charge on any atom is -0.395 e. The fraction of sp³-hybridized carbons (Fsp3) is 0.0769. The van der Waals surface area contributed by atoms with Crippen molar-refractivity contribution in [1.82, 2.24) is 5.32 Å². The molecule has 0 atom stereocenters. The van der Waals surface area contributed by atoms with Gasteiger partial charge in [-0.25, -0.2) is 0 Å². The Morgan fingerprint density at radius 1 is 1.14 bits per heavy atom. The second-order valence-electron chi connectivity index (χ2n) is 3.97. The number of nitrogens with one attached hydrogen (secondary N) is 2. The zero-order valence-electron chi connectivity index (χ0n) is 11.0. The van der Waals surface area contributed by atoms with E-state index in [-0.39, 0.29) is 22.9 Å². The molecular weight excluding hydrogens is 278 g/mol. The smallest absolute Gasteiger partial charge is 0.395 e. The molecule has 2 rings (SSSR count). The van der Waals surface area contributed by atoms with Crippen LogP contribution in [0.4, 0.5) is 11.6 Å². The highest BCUT2D eigenvalue weighted by atomic mass is 16.6. The van der Waals surface area contributed by atoms with Crippen molar-refractivity contribution in [3.8, 4) is 0 Å². The van der Waals surface area contributed by atoms with Gasteiger partial charge in [0.15, 0.2) is 5.76 Å². The third kappa shape index (κ3) is 3.06. The molecule has 21 heavy (non-hydrogen) atoms. The molecule has 0 unspecified atom stereocenters. The number of nitro groups is 1. The van der Waals surface area contributed by atoms with E-state index in [0.29, 0.717) is 0 Å². The van der Waals surface area contributed by atoms with Crippen LogP contribution >= 0.6 is 0 Å². The number of para-hydroxylation sites is 1. The molecule has 1 heterocycles. The summed E-state index contributed by atoms with van der Waals surface area (Å²) < 4.78 is 4.79. The van der Waals surface area contributed by atoms with E-state index in [1.54, 1.807) is 24.3 Å². The molecule has 0 aliphatic carbocycles. The summed E-state index contributed by atoms with van der Waals surface area (Å²) >= 11 is 0. The molecule has 8 heteroatoms. The van der Waals surface area contributed by atoms with E-state index in [1.165, 1.54) is 13.1 Å². The van der Waals surface area contributed by atoms with Crippen LogP contribution in [0.15, 0.2) is 40.8 Å². The quantitative estimate of drug-likeness (QED) is 0.658. The van der Waals surface area contributed by atoms with Gasteiger partial charge in [-0.15, -0.1) is 0 Å². The molecular formula is C13H11N3O5. The number of hydrogen-bond donors (Lipinski definition) is 2. The summed E-state index contributed by atoms with van der Waals surface area (Å²) in [7, 11) is 1.47. The van der Waals surface area contributed by atoms with Crippen LogP contribution in [0, 0.1) is 10.1 Å². The number of rotatable bonds is 4. The van der Waals surface area contributed by atoms with Gasteiger partial charge >= 0.3 is 5.88 Å². The molecule has 0 fully saturated rings. The Bertz CT molecular complexity index is 707. The standard InChI is InChI=1S/C13H11N3O5/c1-14-12(17)8-4-2-3-5-9(8)15-13(18)10-6-7-11(21-10)16(19)20/h2-7H,1H3,(H,14,17)(H,15,18). The maximum Gasteiger partial charge on any atom is 0.433 e. The number of anilines is 1. The predicted octanol–water partition coefficient (Wildman–Crippen LogP) is 1.80. The molecule has 0 saturated carbocycles. The molecule has 0 bridgehead atoms. The number of carbonyl (C=O) groups is 2. The molecule has 8 nitrogen and oxygen atoms in total. The summed E-state index contributed by atoms with van der Waals surface area (Å²) in [6.45, 7) is 0. The molecule has 0 aliphatic rings. The molecule has 0 saturated heterocycles. The van der Waals surface area contributed by atoms with Crippen molar-refractivity contribution >= 4 is 23.4 Å². The highest BCUT2D eigenvalue weighted by molar-refractivity contribution is 6.07. The fourth-order valence-electron chi connectivity index (χ4n) is 1.66. The van der Waals surface area contributed by atoms with Crippen LogP contribution in [0.1, 0.15) is 20.9 Å². The van der Waals surface area contributed by atoms with Gasteiger partial charge in [-0.2, -0.15) is 0 Å². The third-order valence-corrected chi connectivity index (χ3v) is 2.64. The van der Waals surface area contributed by atoms with Crippen molar-refractivity contribution in [2.75, 3.05) is 12.4 Å². The average Bonchev–Trinajstić information content (AvgIpc) is 2.97. The topological polar surface area (TPSA) is 114 Å². The van der Waals surface area contributed by atoms with Gasteiger partial charge in [-0.1, -0.05) is 12.1 Å². The van der Waals surface area contributed by atoms with Crippen LogP contribution in [0.5, 0.6) is 0 Å². The van der Waals surface area contributed by atoms with E-state index in [2.05, 4.69) is 10.6 Å². The Labute approximate surface area is 118 Å². The first-order valence-corrected chi connectivity index (χ1v) is 5.89. The molecule has 0 spiro atoms. The lowest BCUT2D eigenvalue weighted by Crippen LogP contribution is -2.21. The first-order chi connectivity index (χ1) is 10.0. The Morgan fingerprint density at radius 2 is 1.86 bits per heavy atom. The Balaban J connectivity index is 2.23. The van der Waals surface area contributed by atoms with Crippen LogP contribution in [0.3, 0.4) is 0 Å². The second kappa shape index (κ2) is 5.87. The summed E-state index contributed by atoms with van der Waals surface area (Å²) in [5.41, 5.74) is 0.551. The van der Waals surface area contributed by atoms with Crippen LogP contribution < -0.4 is 10.6 Å². The molecule has 2 aromatic rings. The van der Waals surface area contributed by atoms with Crippen molar-refractivity contribution in [2.24, 2.45) is 0 Å². The number of carbonyl (C=O) groups excluding carboxylic acids is 2. The summed E-state index contributed by atoms with van der Waals surface area (Å²) in [6.07, 6.45) is 0. The van der Waals surface area contributed by atoms with Gasteiger partial charge < -0.3 is 15.1 Å². The summed E-state index contributed by atoms with van der Waals surface area (Å²) in [5, 5.41) is 15.4. The van der Waals surface area contributed by atoms with Crippen molar-refractivity contribution in [3.63, 3.8) is 0 Å². The van der Waals surface area contributed by atoms with Crippen LogP contribution in [-0.4, -0.2) is 23.8 Å². The van der Waals surface area contributed by atoms with Gasteiger partial charge in [0.1, 0.15) is 4.92 Å². The average molecular weight is 289 g/mol. The van der Waals surface area contributed by atoms with E-state index in [4.69, 9.17) is 4.42 Å². The highest BCUT2D eigenvalue weighted by Gasteiger charge is 2.19. The normalized spacial score (nSPS) is 9.95. The highest BCUT2D eigenvalue weighted by Crippen LogP contribution is 2.19. The maximum atomic E-state index is 12.0. The van der Waals surface area contributed by atoms with Gasteiger partial charge in [-0.3, -0.25) is 19.7 Å². The fourth-order valence-corrected chi connectivity index (χ4v) is 1.66. The van der Waals surface area contributed by atoms with Gasteiger partial charge in [0.25, 0.3) is 11.8 Å². The zero-order valence-corrected chi connectivity index (χ0v) is 11.0. The Hall–Kier alpha value is -3.16. The number of amides is 2. The van der Waals surface area contributed by atoms with E-state index in [0.717, 1.165) is 6.07 Å². The molecule has 1 aromatic heterocycles. The first-order valence-electron chi connectivity index (χ1n) is 5.89. The molecule has 108 valence electrons. The zero-order chi connectivity index (χ0) is 15.4. The van der Waals surface area contributed by atoms with Crippen molar-refractivity contribution in [1.29, 1.82) is 0 Å². The summed E-state index contributed by atoms with van der Waals surface area (Å²) in [4.78, 5) is 33.4. The molecule has 0 aliphatic heterocycles. The lowest BCUT2D eigenvalue weighted by Gasteiger charge is -2.08. The SMILES string of the molecule is CNC(=O)c1ccccc1NC(=O)c1ccc([N+](=O)[O-])o1. The second-order valence-corrected chi connectivity index (χ2v) is 3.97. The van der Waals surface area contributed by atoms with Gasteiger partial charge in [0.05, 0.1) is 17.3 Å². The third-order valence-electron chi connectivity index (χ3n) is 2.64. The lowest BCUT2D eigenvalue weighted by molar-refractivity contribution is -0.402. The molecule has 1 aromatic carbocycles. The summed E-state index contributed by atoms with van der Waals surface area (Å²) in [6, 6.07) is 8.65. The van der Waals surface area contributed by atoms with E-state index in [9.17, 15) is 19.7 Å². The molecule has 2 amide bonds. The van der Waals surface area contributed by atoms with Crippen LogP contribution in [0.25, 0.3) is 0 Å². The van der Waals surface area contributed by atoms with Crippen molar-refractivity contribution < 1.29 is 18.9 Å². The van der Waals surface area contributed by atoms with Crippen LogP contribution in [-0.2, 0) is 0 Å². The van der Waals surface area contributed by atoms with E-state index >= 15 is 0 Å². The van der Waals surface area contributed by atoms with Gasteiger partial charge in [0, 0.05) is 7.05 Å². The van der Waals surface area contributed by atoms with Crippen molar-refractivity contribution in [2.45, 2.75) is 0 Å². The Kier molecular flexibility index (Phi) is 3.98. The largest absolute Gasteiger partial charge is 0.433 e. The summed E-state index contributed by atoms with van der Waals surface area (Å²) in [5.74, 6) is -1.79. The number of nitrogens with zero attached hydrogens (tertiary/aromatic N) is 1. The van der Waals surface area contributed by atoms with Crippen molar-refractivity contribution in [3.05, 3.63) is 57.8 Å². The van der Waals surface area contributed by atoms with Gasteiger partial charge in [-0.05, 0) is 18.2 Å². The monoisotopic (exact) mass is 289 g/mol. The predicted molar refractivity (Wildman–Crippen MR) is 73.1 cm³/mol. The number of hydrogen-bond acceptors (Lipinski definition) is 5. The lowest BCUT2D eigenvalue weighted by atomic mass is 10.1. The minimum absolute atomic E-state index is 0.214.